The van der Waals surface area contributed by atoms with Crippen molar-refractivity contribution < 1.29 is 74.4 Å². The largest absolute Gasteiger partial charge is 0.476 e. The summed E-state index contributed by atoms with van der Waals surface area (Å²) in [6.07, 6.45) is -0.688. The van der Waals surface area contributed by atoms with E-state index in [9.17, 15) is 14.4 Å². The average molecular weight is 867 g/mol. The number of nitrogens with zero attached hydrogens (tertiary/aromatic N) is 3. The lowest BCUT2D eigenvalue weighted by molar-refractivity contribution is -0.917. The van der Waals surface area contributed by atoms with Crippen molar-refractivity contribution >= 4 is 25.7 Å². The number of likely N-dealkylation sites (N-methyl/N-ethyl adjacent to an activating group) is 3. The van der Waals surface area contributed by atoms with Crippen molar-refractivity contribution in [3.8, 4) is 0 Å². The van der Waals surface area contributed by atoms with Gasteiger partial charge < -0.3 is 41.9 Å². The fourth-order valence-corrected chi connectivity index (χ4v) is 7.93. The first-order valence-corrected chi connectivity index (χ1v) is 21.8. The molecular weight excluding hydrogens is 785 g/mol. The molecule has 0 aromatic heterocycles. The van der Waals surface area contributed by atoms with Gasteiger partial charge in [-0.05, 0) is 41.5 Å². The van der Waals surface area contributed by atoms with Gasteiger partial charge in [0.1, 0.15) is 36.4 Å². The molecule has 0 saturated heterocycles. The number of carbonyl (C=O) groups excluding carboxylic acids is 3. The molecule has 0 aliphatic rings. The Balaban J connectivity index is 6.82. The summed E-state index contributed by atoms with van der Waals surface area (Å²) in [4.78, 5) is 35.9. The van der Waals surface area contributed by atoms with Gasteiger partial charge in [-0.2, -0.15) is 0 Å². The van der Waals surface area contributed by atoms with Crippen LogP contribution in [0.15, 0.2) is 36.5 Å². The second kappa shape index (κ2) is 26.8. The molecule has 0 fully saturated rings. The van der Waals surface area contributed by atoms with Crippen LogP contribution in [-0.2, 0) is 60.9 Å². The lowest BCUT2D eigenvalue weighted by Crippen LogP contribution is -2.57. The van der Waals surface area contributed by atoms with Crippen LogP contribution in [0.2, 0.25) is 0 Å². The highest BCUT2D eigenvalue weighted by Crippen LogP contribution is 2.55. The Labute approximate surface area is 356 Å². The van der Waals surface area contributed by atoms with E-state index in [1.807, 2.05) is 63.1 Å². The third-order valence-corrected chi connectivity index (χ3v) is 12.7. The fraction of sp³-hybridized carbons (Fsp3) is 0.786. The van der Waals surface area contributed by atoms with Crippen molar-refractivity contribution in [3.63, 3.8) is 0 Å². The molecule has 0 aliphatic heterocycles. The molecule has 17 heteroatoms. The molecule has 0 amide bonds. The van der Waals surface area contributed by atoms with Crippen LogP contribution >= 0.6 is 7.82 Å². The SMILES string of the molecule is C=C(C)C(=O)OCCC[N+](C)(C)C(C)C(COC)OP(=O)(OC(COC)C(C)[N+](C)(C)CCCOC(=O)C(=C)C)OC(COC)C(C)[N+](C)(C)CCCOC(=O)C(=C)C. The van der Waals surface area contributed by atoms with E-state index in [1.54, 1.807) is 42.1 Å². The van der Waals surface area contributed by atoms with E-state index in [0.717, 1.165) is 0 Å². The predicted molar refractivity (Wildman–Crippen MR) is 228 cm³/mol. The molecule has 0 N–H and O–H groups in total. The van der Waals surface area contributed by atoms with Crippen molar-refractivity contribution in [2.75, 3.05) is 123 Å². The maximum absolute atomic E-state index is 15.5. The second-order valence-corrected chi connectivity index (χ2v) is 18.8. The number of carbonyl (C=O) groups is 3. The van der Waals surface area contributed by atoms with Crippen LogP contribution in [-0.4, -0.2) is 191 Å². The summed E-state index contributed by atoms with van der Waals surface area (Å²) in [5.74, 6) is -1.33. The number of phosphoric acid groups is 1. The topological polar surface area (TPSA) is 151 Å². The molecule has 0 saturated carbocycles. The fourth-order valence-electron chi connectivity index (χ4n) is 6.08. The summed E-state index contributed by atoms with van der Waals surface area (Å²) in [7, 11) is 12.2. The Morgan fingerprint density at radius 2 is 0.712 bits per heavy atom. The van der Waals surface area contributed by atoms with E-state index < -0.39 is 44.0 Å². The van der Waals surface area contributed by atoms with E-state index in [-0.39, 0.29) is 57.8 Å². The van der Waals surface area contributed by atoms with Crippen LogP contribution in [0.5, 0.6) is 0 Å². The number of quaternary nitrogens is 3. The lowest BCUT2D eigenvalue weighted by Gasteiger charge is -2.43. The quantitative estimate of drug-likeness (QED) is 0.0215. The van der Waals surface area contributed by atoms with Gasteiger partial charge in [0.05, 0.1) is 102 Å². The maximum Gasteiger partial charge on any atom is 0.476 e. The molecule has 0 spiro atoms. The van der Waals surface area contributed by atoms with Crippen molar-refractivity contribution in [3.05, 3.63) is 36.5 Å². The first-order chi connectivity index (χ1) is 27.2. The summed E-state index contributed by atoms with van der Waals surface area (Å²) in [5, 5.41) is 0. The highest BCUT2D eigenvalue weighted by Gasteiger charge is 2.47. The first kappa shape index (κ1) is 56.5. The Morgan fingerprint density at radius 3 is 0.898 bits per heavy atom. The van der Waals surface area contributed by atoms with Crippen LogP contribution < -0.4 is 0 Å². The third kappa shape index (κ3) is 20.7. The number of hydrogen-bond acceptors (Lipinski definition) is 13. The van der Waals surface area contributed by atoms with Gasteiger partial charge >= 0.3 is 25.7 Å². The highest BCUT2D eigenvalue weighted by atomic mass is 31.2. The van der Waals surface area contributed by atoms with Gasteiger partial charge in [-0.1, -0.05) is 19.7 Å². The van der Waals surface area contributed by atoms with E-state index in [4.69, 9.17) is 42.0 Å². The van der Waals surface area contributed by atoms with Gasteiger partial charge in [-0.3, -0.25) is 13.6 Å². The summed E-state index contributed by atoms with van der Waals surface area (Å²) in [6.45, 7) is 24.2. The number of esters is 3. The van der Waals surface area contributed by atoms with Gasteiger partial charge in [0, 0.05) is 57.3 Å². The number of rotatable bonds is 33. The summed E-state index contributed by atoms with van der Waals surface area (Å²) >= 11 is 0. The molecule has 0 heterocycles. The normalized spacial score (nSPS) is 16.5. The molecule has 6 atom stereocenters. The standard InChI is InChI=1S/C42H81N3O13P/c1-31(2)40(46)53-25-19-22-43(10,11)34(7)37(28-50-16)56-59(49,57-38(29-51-17)35(8)44(12,13)23-20-26-54-41(47)32(3)4)58-39(30-52-18)36(9)45(14,15)24-21-27-55-42(48)33(5)6/h34-39H,1,3,5,19-30H2,2,4,6-18H3/q+3. The lowest BCUT2D eigenvalue weighted by atomic mass is 10.1. The predicted octanol–water partition coefficient (Wildman–Crippen LogP) is 5.11. The van der Waals surface area contributed by atoms with Gasteiger partial charge in [0.15, 0.2) is 0 Å². The zero-order valence-electron chi connectivity index (χ0n) is 39.2. The van der Waals surface area contributed by atoms with E-state index >= 15 is 4.57 Å². The molecule has 0 radical (unpaired) electrons. The van der Waals surface area contributed by atoms with Gasteiger partial charge in [-0.15, -0.1) is 0 Å². The molecule has 59 heavy (non-hydrogen) atoms. The smallest absolute Gasteiger partial charge is 0.462 e. The van der Waals surface area contributed by atoms with Crippen LogP contribution in [0.3, 0.4) is 0 Å². The van der Waals surface area contributed by atoms with E-state index in [0.29, 0.717) is 69.1 Å². The highest BCUT2D eigenvalue weighted by molar-refractivity contribution is 7.48. The van der Waals surface area contributed by atoms with Crippen molar-refractivity contribution in [2.24, 2.45) is 0 Å². The number of ether oxygens (including phenoxy) is 6. The third-order valence-electron chi connectivity index (χ3n) is 11.1. The van der Waals surface area contributed by atoms with E-state index in [1.165, 1.54) is 0 Å². The monoisotopic (exact) mass is 867 g/mol. The summed E-state index contributed by atoms with van der Waals surface area (Å²) < 4.78 is 69.4. The van der Waals surface area contributed by atoms with Crippen molar-refractivity contribution in [2.45, 2.75) is 97.2 Å². The molecule has 0 bridgehead atoms. The van der Waals surface area contributed by atoms with E-state index in [2.05, 4.69) is 19.7 Å². The molecule has 344 valence electrons. The summed E-state index contributed by atoms with van der Waals surface area (Å²) in [5.41, 5.74) is 0.989. The van der Waals surface area contributed by atoms with Gasteiger partial charge in [0.2, 0.25) is 0 Å². The average Bonchev–Trinajstić information content (AvgIpc) is 3.14. The van der Waals surface area contributed by atoms with Crippen LogP contribution in [0, 0.1) is 0 Å². The first-order valence-electron chi connectivity index (χ1n) is 20.3. The molecule has 6 unspecified atom stereocenters. The van der Waals surface area contributed by atoms with Crippen LogP contribution in [0.25, 0.3) is 0 Å². The van der Waals surface area contributed by atoms with Crippen LogP contribution in [0.4, 0.5) is 0 Å². The Hall–Kier alpha value is -2.50. The summed E-state index contributed by atoms with van der Waals surface area (Å²) in [6, 6.07) is -0.938. The molecule has 16 nitrogen and oxygen atoms in total. The minimum atomic E-state index is -4.52. The molecule has 0 rings (SSSR count). The minimum absolute atomic E-state index is 0.0636. The van der Waals surface area contributed by atoms with Gasteiger partial charge in [-0.25, -0.2) is 18.9 Å². The molecular formula is C42H81N3O13P+3. The molecule has 0 aromatic rings. The zero-order valence-corrected chi connectivity index (χ0v) is 40.1. The maximum atomic E-state index is 15.5. The second-order valence-electron chi connectivity index (χ2n) is 17.3. The number of phosphoric ester groups is 1. The number of methoxy groups -OCH3 is 3. The van der Waals surface area contributed by atoms with Crippen LogP contribution in [0.1, 0.15) is 60.8 Å². The van der Waals surface area contributed by atoms with Gasteiger partial charge in [0.25, 0.3) is 0 Å². The number of hydrogen-bond donors (Lipinski definition) is 0. The van der Waals surface area contributed by atoms with Crippen molar-refractivity contribution in [1.82, 2.24) is 0 Å². The Morgan fingerprint density at radius 1 is 0.492 bits per heavy atom. The zero-order chi connectivity index (χ0) is 45.8. The Kier molecular flexibility index (Phi) is 25.6. The molecule has 0 aromatic carbocycles. The minimum Gasteiger partial charge on any atom is -0.462 e. The van der Waals surface area contributed by atoms with Crippen molar-refractivity contribution in [1.29, 1.82) is 0 Å². The Bertz CT molecular complexity index is 1240. The molecule has 0 aliphatic carbocycles.